The Bertz CT molecular complexity index is 752. The van der Waals surface area contributed by atoms with E-state index in [0.717, 1.165) is 28.4 Å². The highest BCUT2D eigenvalue weighted by Gasteiger charge is 2.26. The topological polar surface area (TPSA) is 75.3 Å². The van der Waals surface area contributed by atoms with Gasteiger partial charge in [0.05, 0.1) is 29.1 Å². The number of nitrogens with one attached hydrogen (secondary N) is 1. The van der Waals surface area contributed by atoms with Crippen molar-refractivity contribution >= 4 is 32.8 Å². The van der Waals surface area contributed by atoms with E-state index in [4.69, 9.17) is 4.74 Å². The summed E-state index contributed by atoms with van der Waals surface area (Å²) in [5.41, 5.74) is 1.55. The molecular formula is C14H19N3O3S2. The molecule has 1 aromatic carbocycles. The van der Waals surface area contributed by atoms with E-state index in [1.165, 1.54) is 4.31 Å². The molecule has 0 bridgehead atoms. The first-order valence-electron chi connectivity index (χ1n) is 7.31. The quantitative estimate of drug-likeness (QED) is 0.843. The minimum atomic E-state index is -3.46. The lowest BCUT2D eigenvalue weighted by atomic mass is 10.3. The van der Waals surface area contributed by atoms with Gasteiger partial charge in [-0.25, -0.2) is 13.4 Å². The summed E-state index contributed by atoms with van der Waals surface area (Å²) in [5, 5.41) is 0.831. The first-order chi connectivity index (χ1) is 10.6. The zero-order chi connectivity index (χ0) is 15.6. The van der Waals surface area contributed by atoms with Crippen LogP contribution in [0, 0.1) is 0 Å². The third kappa shape index (κ3) is 3.15. The highest BCUT2D eigenvalue weighted by atomic mass is 32.2. The van der Waals surface area contributed by atoms with Gasteiger partial charge in [0.2, 0.25) is 10.0 Å². The number of fused-ring (bicyclic) bond motifs is 1. The number of aromatic nitrogens is 2. The van der Waals surface area contributed by atoms with E-state index in [1.54, 1.807) is 30.0 Å². The summed E-state index contributed by atoms with van der Waals surface area (Å²) in [4.78, 5) is 7.96. The summed E-state index contributed by atoms with van der Waals surface area (Å²) in [5.74, 6) is 0.985. The number of benzene rings is 1. The largest absolute Gasteiger partial charge is 0.379 e. The summed E-state index contributed by atoms with van der Waals surface area (Å²) in [6, 6.07) is 5.06. The Kier molecular flexibility index (Phi) is 4.72. The van der Waals surface area contributed by atoms with Gasteiger partial charge in [0, 0.05) is 18.8 Å². The second-order valence-electron chi connectivity index (χ2n) is 5.09. The number of morpholine rings is 1. The lowest BCUT2D eigenvalue weighted by Gasteiger charge is -2.25. The van der Waals surface area contributed by atoms with Crippen molar-refractivity contribution < 1.29 is 13.2 Å². The zero-order valence-corrected chi connectivity index (χ0v) is 14.0. The van der Waals surface area contributed by atoms with Crippen molar-refractivity contribution in [3.63, 3.8) is 0 Å². The number of ether oxygens (including phenoxy) is 1. The van der Waals surface area contributed by atoms with Gasteiger partial charge in [0.1, 0.15) is 0 Å². The van der Waals surface area contributed by atoms with Gasteiger partial charge in [0.15, 0.2) is 5.16 Å². The van der Waals surface area contributed by atoms with E-state index < -0.39 is 10.0 Å². The van der Waals surface area contributed by atoms with Crippen molar-refractivity contribution in [3.05, 3.63) is 18.2 Å². The van der Waals surface area contributed by atoms with Gasteiger partial charge in [-0.2, -0.15) is 4.31 Å². The van der Waals surface area contributed by atoms with Crippen LogP contribution in [0.5, 0.6) is 0 Å². The minimum Gasteiger partial charge on any atom is -0.379 e. The molecule has 0 aliphatic carbocycles. The van der Waals surface area contributed by atoms with Crippen LogP contribution in [0.15, 0.2) is 28.3 Å². The SMILES string of the molecule is CCCSc1nc2ccc(S(=O)(=O)N3CCOCC3)cc2[nH]1. The number of hydrogen-bond donors (Lipinski definition) is 1. The Labute approximate surface area is 134 Å². The molecule has 6 nitrogen and oxygen atoms in total. The van der Waals surface area contributed by atoms with Gasteiger partial charge in [0.25, 0.3) is 0 Å². The van der Waals surface area contributed by atoms with Gasteiger partial charge in [-0.15, -0.1) is 0 Å². The Morgan fingerprint density at radius 1 is 1.36 bits per heavy atom. The molecule has 1 aliphatic heterocycles. The summed E-state index contributed by atoms with van der Waals surface area (Å²) >= 11 is 1.64. The fourth-order valence-electron chi connectivity index (χ4n) is 2.33. The molecule has 0 amide bonds. The molecule has 3 rings (SSSR count). The van der Waals surface area contributed by atoms with Crippen molar-refractivity contribution in [3.8, 4) is 0 Å². The Balaban J connectivity index is 1.90. The standard InChI is InChI=1S/C14H19N3O3S2/c1-2-9-21-14-15-12-4-3-11(10-13(12)16-14)22(18,19)17-5-7-20-8-6-17/h3-4,10H,2,5-9H2,1H3,(H,15,16). The molecule has 1 aromatic heterocycles. The maximum atomic E-state index is 12.6. The molecule has 0 atom stereocenters. The van der Waals surface area contributed by atoms with Gasteiger partial charge in [-0.05, 0) is 24.6 Å². The number of hydrogen-bond acceptors (Lipinski definition) is 5. The fraction of sp³-hybridized carbons (Fsp3) is 0.500. The predicted octanol–water partition coefficient (Wildman–Crippen LogP) is 2.09. The van der Waals surface area contributed by atoms with Crippen molar-refractivity contribution in [2.24, 2.45) is 0 Å². The number of aromatic amines is 1. The molecule has 0 spiro atoms. The number of thioether (sulfide) groups is 1. The van der Waals surface area contributed by atoms with Crippen LogP contribution in [0.4, 0.5) is 0 Å². The molecule has 8 heteroatoms. The Morgan fingerprint density at radius 3 is 2.86 bits per heavy atom. The second-order valence-corrected chi connectivity index (χ2v) is 8.11. The summed E-state index contributed by atoms with van der Waals surface area (Å²) in [6.07, 6.45) is 1.07. The minimum absolute atomic E-state index is 0.303. The molecule has 22 heavy (non-hydrogen) atoms. The molecule has 120 valence electrons. The van der Waals surface area contributed by atoms with Crippen LogP contribution >= 0.6 is 11.8 Å². The lowest BCUT2D eigenvalue weighted by Crippen LogP contribution is -2.40. The highest BCUT2D eigenvalue weighted by Crippen LogP contribution is 2.24. The molecule has 2 heterocycles. The lowest BCUT2D eigenvalue weighted by molar-refractivity contribution is 0.0730. The molecule has 1 fully saturated rings. The number of imidazole rings is 1. The van der Waals surface area contributed by atoms with Gasteiger partial charge in [-0.3, -0.25) is 0 Å². The van der Waals surface area contributed by atoms with Crippen LogP contribution in [-0.4, -0.2) is 54.7 Å². The van der Waals surface area contributed by atoms with Crippen molar-refractivity contribution in [1.82, 2.24) is 14.3 Å². The van der Waals surface area contributed by atoms with Crippen molar-refractivity contribution in [2.45, 2.75) is 23.4 Å². The van der Waals surface area contributed by atoms with Crippen LogP contribution in [0.3, 0.4) is 0 Å². The Hall–Kier alpha value is -1.09. The monoisotopic (exact) mass is 341 g/mol. The maximum Gasteiger partial charge on any atom is 0.243 e. The molecule has 1 aliphatic rings. The summed E-state index contributed by atoms with van der Waals surface area (Å²) in [7, 11) is -3.46. The van der Waals surface area contributed by atoms with Crippen LogP contribution in [-0.2, 0) is 14.8 Å². The molecule has 2 aromatic rings. The van der Waals surface area contributed by atoms with Crippen LogP contribution in [0.2, 0.25) is 0 Å². The summed E-state index contributed by atoms with van der Waals surface area (Å²) in [6.45, 7) is 3.82. The normalized spacial score (nSPS) is 17.1. The maximum absolute atomic E-state index is 12.6. The molecule has 0 unspecified atom stereocenters. The first-order valence-corrected chi connectivity index (χ1v) is 9.74. The fourth-order valence-corrected chi connectivity index (χ4v) is 4.51. The van der Waals surface area contributed by atoms with Crippen LogP contribution in [0.25, 0.3) is 11.0 Å². The first kappa shape index (κ1) is 15.8. The van der Waals surface area contributed by atoms with E-state index >= 15 is 0 Å². The smallest absolute Gasteiger partial charge is 0.243 e. The highest BCUT2D eigenvalue weighted by molar-refractivity contribution is 7.99. The molecule has 1 N–H and O–H groups in total. The third-order valence-corrected chi connectivity index (χ3v) is 6.46. The van der Waals surface area contributed by atoms with Gasteiger partial charge in [-0.1, -0.05) is 18.7 Å². The number of nitrogens with zero attached hydrogens (tertiary/aromatic N) is 2. The zero-order valence-electron chi connectivity index (χ0n) is 12.4. The predicted molar refractivity (Wildman–Crippen MR) is 86.7 cm³/mol. The molecular weight excluding hydrogens is 322 g/mol. The molecule has 0 radical (unpaired) electrons. The van der Waals surface area contributed by atoms with Crippen molar-refractivity contribution in [2.75, 3.05) is 32.1 Å². The van der Waals surface area contributed by atoms with E-state index in [2.05, 4.69) is 16.9 Å². The Morgan fingerprint density at radius 2 is 2.14 bits per heavy atom. The van der Waals surface area contributed by atoms with E-state index in [-0.39, 0.29) is 0 Å². The van der Waals surface area contributed by atoms with E-state index in [1.807, 2.05) is 0 Å². The van der Waals surface area contributed by atoms with Crippen molar-refractivity contribution in [1.29, 1.82) is 0 Å². The molecule has 0 saturated carbocycles. The number of sulfonamides is 1. The molecule has 1 saturated heterocycles. The van der Waals surface area contributed by atoms with E-state index in [9.17, 15) is 8.42 Å². The second kappa shape index (κ2) is 6.57. The van der Waals surface area contributed by atoms with Crippen LogP contribution in [0.1, 0.15) is 13.3 Å². The van der Waals surface area contributed by atoms with Crippen LogP contribution < -0.4 is 0 Å². The number of rotatable bonds is 5. The third-order valence-electron chi connectivity index (χ3n) is 3.48. The number of H-pyrrole nitrogens is 1. The average Bonchev–Trinajstić information content (AvgIpc) is 2.95. The summed E-state index contributed by atoms with van der Waals surface area (Å²) < 4.78 is 32.0. The average molecular weight is 341 g/mol. The van der Waals surface area contributed by atoms with E-state index in [0.29, 0.717) is 31.2 Å². The van der Waals surface area contributed by atoms with Gasteiger partial charge < -0.3 is 9.72 Å². The van der Waals surface area contributed by atoms with Gasteiger partial charge >= 0.3 is 0 Å².